The number of hydrogen-bond acceptors (Lipinski definition) is 5. The third-order valence-corrected chi connectivity index (χ3v) is 5.70. The van der Waals surface area contributed by atoms with Crippen molar-refractivity contribution in [3.63, 3.8) is 0 Å². The average molecular weight is 369 g/mol. The molecule has 0 radical (unpaired) electrons. The van der Waals surface area contributed by atoms with Gasteiger partial charge in [0.05, 0.1) is 11.5 Å². The standard InChI is InChI=1S/C17H20FNO5S/c1-2-19(14-9-10-25(22,23)12-14)16(20)11-24-17(21)8-7-13-5-3-4-6-15(13)18/h3-8,14H,2,9-12H2,1H3/b8-7+/t14-/m0/s1. The lowest BCUT2D eigenvalue weighted by Gasteiger charge is -2.26. The fraction of sp³-hybridized carbons (Fsp3) is 0.412. The number of rotatable bonds is 6. The third kappa shape index (κ3) is 5.38. The number of ether oxygens (including phenoxy) is 1. The van der Waals surface area contributed by atoms with Crippen LogP contribution in [0.3, 0.4) is 0 Å². The summed E-state index contributed by atoms with van der Waals surface area (Å²) in [4.78, 5) is 25.3. The molecule has 1 aliphatic rings. The predicted octanol–water partition coefficient (Wildman–Crippen LogP) is 1.42. The number of hydrogen-bond donors (Lipinski definition) is 0. The Hall–Kier alpha value is -2.22. The van der Waals surface area contributed by atoms with Gasteiger partial charge < -0.3 is 9.64 Å². The Morgan fingerprint density at radius 3 is 2.68 bits per heavy atom. The minimum Gasteiger partial charge on any atom is -0.452 e. The molecule has 0 spiro atoms. The molecular formula is C17H20FNO5S. The van der Waals surface area contributed by atoms with Crippen molar-refractivity contribution >= 4 is 27.8 Å². The van der Waals surface area contributed by atoms with Gasteiger partial charge in [-0.3, -0.25) is 4.79 Å². The van der Waals surface area contributed by atoms with Gasteiger partial charge in [0, 0.05) is 24.2 Å². The van der Waals surface area contributed by atoms with Crippen LogP contribution in [0.5, 0.6) is 0 Å². The van der Waals surface area contributed by atoms with E-state index >= 15 is 0 Å². The summed E-state index contributed by atoms with van der Waals surface area (Å²) in [5, 5.41) is 0. The van der Waals surface area contributed by atoms with Crippen LogP contribution in [-0.4, -0.2) is 55.9 Å². The van der Waals surface area contributed by atoms with E-state index < -0.39 is 34.1 Å². The molecule has 0 aliphatic carbocycles. The van der Waals surface area contributed by atoms with Gasteiger partial charge in [0.15, 0.2) is 16.4 Å². The third-order valence-electron chi connectivity index (χ3n) is 3.95. The number of esters is 1. The van der Waals surface area contributed by atoms with Crippen molar-refractivity contribution in [3.8, 4) is 0 Å². The van der Waals surface area contributed by atoms with Crippen LogP contribution in [0, 0.1) is 5.82 Å². The maximum atomic E-state index is 13.4. The summed E-state index contributed by atoms with van der Waals surface area (Å²) >= 11 is 0. The number of nitrogens with zero attached hydrogens (tertiary/aromatic N) is 1. The normalized spacial score (nSPS) is 19.0. The molecule has 136 valence electrons. The van der Waals surface area contributed by atoms with E-state index in [1.807, 2.05) is 0 Å². The Kier molecular flexibility index (Phi) is 6.30. The van der Waals surface area contributed by atoms with E-state index in [2.05, 4.69) is 0 Å². The van der Waals surface area contributed by atoms with Gasteiger partial charge in [-0.05, 0) is 25.5 Å². The first-order valence-corrected chi connectivity index (χ1v) is 9.74. The van der Waals surface area contributed by atoms with Crippen LogP contribution in [-0.2, 0) is 24.2 Å². The highest BCUT2D eigenvalue weighted by Gasteiger charge is 2.34. The molecule has 25 heavy (non-hydrogen) atoms. The second kappa shape index (κ2) is 8.24. The largest absolute Gasteiger partial charge is 0.452 e. The van der Waals surface area contributed by atoms with Gasteiger partial charge in [0.2, 0.25) is 0 Å². The van der Waals surface area contributed by atoms with Gasteiger partial charge >= 0.3 is 5.97 Å². The highest BCUT2D eigenvalue weighted by Crippen LogP contribution is 2.17. The molecule has 0 aromatic heterocycles. The predicted molar refractivity (Wildman–Crippen MR) is 90.8 cm³/mol. The van der Waals surface area contributed by atoms with Gasteiger partial charge in [0.1, 0.15) is 5.82 Å². The zero-order chi connectivity index (χ0) is 18.4. The van der Waals surface area contributed by atoms with Crippen molar-refractivity contribution in [1.82, 2.24) is 4.90 Å². The Bertz CT molecular complexity index is 775. The maximum Gasteiger partial charge on any atom is 0.331 e. The molecular weight excluding hydrogens is 349 g/mol. The van der Waals surface area contributed by atoms with Crippen LogP contribution in [0.15, 0.2) is 30.3 Å². The molecule has 1 aromatic rings. The zero-order valence-electron chi connectivity index (χ0n) is 13.9. The molecule has 0 bridgehead atoms. The number of amides is 1. The van der Waals surface area contributed by atoms with E-state index in [0.29, 0.717) is 13.0 Å². The van der Waals surface area contributed by atoms with Crippen LogP contribution in [0.1, 0.15) is 18.9 Å². The summed E-state index contributed by atoms with van der Waals surface area (Å²) in [5.74, 6) is -1.69. The van der Waals surface area contributed by atoms with Crippen LogP contribution in [0.4, 0.5) is 4.39 Å². The zero-order valence-corrected chi connectivity index (χ0v) is 14.7. The van der Waals surface area contributed by atoms with Crippen LogP contribution in [0.2, 0.25) is 0 Å². The first-order valence-electron chi connectivity index (χ1n) is 7.91. The molecule has 1 atom stereocenters. The van der Waals surface area contributed by atoms with E-state index in [4.69, 9.17) is 4.74 Å². The lowest BCUT2D eigenvalue weighted by atomic mass is 10.2. The molecule has 1 aromatic carbocycles. The molecule has 0 N–H and O–H groups in total. The summed E-state index contributed by atoms with van der Waals surface area (Å²) in [6.07, 6.45) is 2.70. The molecule has 1 heterocycles. The van der Waals surface area contributed by atoms with Gasteiger partial charge in [-0.2, -0.15) is 0 Å². The summed E-state index contributed by atoms with van der Waals surface area (Å²) in [5.41, 5.74) is 0.233. The lowest BCUT2D eigenvalue weighted by molar-refractivity contribution is -0.149. The van der Waals surface area contributed by atoms with Gasteiger partial charge in [0.25, 0.3) is 5.91 Å². The van der Waals surface area contributed by atoms with Gasteiger partial charge in [-0.15, -0.1) is 0 Å². The quantitative estimate of drug-likeness (QED) is 0.560. The van der Waals surface area contributed by atoms with E-state index in [1.165, 1.54) is 29.2 Å². The smallest absolute Gasteiger partial charge is 0.331 e. The van der Waals surface area contributed by atoms with Crippen molar-refractivity contribution in [1.29, 1.82) is 0 Å². The average Bonchev–Trinajstić information content (AvgIpc) is 2.92. The number of likely N-dealkylation sites (N-methyl/N-ethyl adjacent to an activating group) is 1. The number of halogens is 1. The van der Waals surface area contributed by atoms with Crippen molar-refractivity contribution < 1.29 is 27.1 Å². The summed E-state index contributed by atoms with van der Waals surface area (Å²) in [6, 6.07) is 5.56. The minimum absolute atomic E-state index is 0.0618. The molecule has 6 nitrogen and oxygen atoms in total. The second-order valence-corrected chi connectivity index (χ2v) is 7.93. The van der Waals surface area contributed by atoms with E-state index in [-0.39, 0.29) is 23.1 Å². The van der Waals surface area contributed by atoms with Gasteiger partial charge in [-0.1, -0.05) is 18.2 Å². The van der Waals surface area contributed by atoms with Crippen LogP contribution in [0.25, 0.3) is 6.08 Å². The highest BCUT2D eigenvalue weighted by atomic mass is 32.2. The topological polar surface area (TPSA) is 80.8 Å². The first kappa shape index (κ1) is 19.1. The Morgan fingerprint density at radius 1 is 1.36 bits per heavy atom. The number of carbonyl (C=O) groups excluding carboxylic acids is 2. The summed E-state index contributed by atoms with van der Waals surface area (Å²) in [6.45, 7) is 1.59. The van der Waals surface area contributed by atoms with Crippen LogP contribution >= 0.6 is 0 Å². The number of sulfone groups is 1. The van der Waals surface area contributed by atoms with E-state index in [0.717, 1.165) is 6.08 Å². The van der Waals surface area contributed by atoms with Crippen molar-refractivity contribution in [2.45, 2.75) is 19.4 Å². The molecule has 2 rings (SSSR count). The molecule has 1 fully saturated rings. The molecule has 1 amide bonds. The summed E-state index contributed by atoms with van der Waals surface area (Å²) in [7, 11) is -3.11. The fourth-order valence-electron chi connectivity index (χ4n) is 2.69. The van der Waals surface area contributed by atoms with Crippen molar-refractivity contribution in [3.05, 3.63) is 41.7 Å². The monoisotopic (exact) mass is 369 g/mol. The SMILES string of the molecule is CCN(C(=O)COC(=O)/C=C/c1ccccc1F)[C@H]1CCS(=O)(=O)C1. The molecule has 8 heteroatoms. The maximum absolute atomic E-state index is 13.4. The molecule has 1 aliphatic heterocycles. The Balaban J connectivity index is 1.88. The molecule has 0 saturated carbocycles. The Morgan fingerprint density at radius 2 is 2.08 bits per heavy atom. The van der Waals surface area contributed by atoms with Crippen LogP contribution < -0.4 is 0 Å². The molecule has 0 unspecified atom stereocenters. The fourth-order valence-corrected chi connectivity index (χ4v) is 4.42. The molecule has 1 saturated heterocycles. The Labute approximate surface area is 146 Å². The summed E-state index contributed by atoms with van der Waals surface area (Å²) < 4.78 is 41.4. The van der Waals surface area contributed by atoms with E-state index in [1.54, 1.807) is 13.0 Å². The first-order chi connectivity index (χ1) is 11.8. The second-order valence-electron chi connectivity index (χ2n) is 5.70. The lowest BCUT2D eigenvalue weighted by Crippen LogP contribution is -2.43. The van der Waals surface area contributed by atoms with Crippen molar-refractivity contribution in [2.24, 2.45) is 0 Å². The van der Waals surface area contributed by atoms with Gasteiger partial charge in [-0.25, -0.2) is 17.6 Å². The van der Waals surface area contributed by atoms with Crippen molar-refractivity contribution in [2.75, 3.05) is 24.7 Å². The highest BCUT2D eigenvalue weighted by molar-refractivity contribution is 7.91. The minimum atomic E-state index is -3.11. The number of benzene rings is 1. The van der Waals surface area contributed by atoms with E-state index in [9.17, 15) is 22.4 Å². The number of carbonyl (C=O) groups is 2.